The van der Waals surface area contributed by atoms with Crippen molar-refractivity contribution in [3.63, 3.8) is 0 Å². The molecule has 0 saturated heterocycles. The Morgan fingerprint density at radius 1 is 1.00 bits per heavy atom. The van der Waals surface area contributed by atoms with Crippen LogP contribution in [0.3, 0.4) is 0 Å². The maximum Gasteiger partial charge on any atom is 0.251 e. The van der Waals surface area contributed by atoms with Gasteiger partial charge >= 0.3 is 0 Å². The van der Waals surface area contributed by atoms with E-state index < -0.39 is 11.9 Å². The lowest BCUT2D eigenvalue weighted by molar-refractivity contribution is -0.121. The van der Waals surface area contributed by atoms with Crippen LogP contribution in [0.4, 0.5) is 0 Å². The molecule has 0 heterocycles. The van der Waals surface area contributed by atoms with Crippen LogP contribution in [-0.4, -0.2) is 23.1 Å². The van der Waals surface area contributed by atoms with Gasteiger partial charge in [-0.05, 0) is 35.9 Å². The minimum atomic E-state index is -0.534. The molecule has 0 fully saturated rings. The number of carbonyl (C=O) groups excluding carboxylic acids is 2. The predicted molar refractivity (Wildman–Crippen MR) is 117 cm³/mol. The van der Waals surface area contributed by atoms with Crippen LogP contribution < -0.4 is 10.7 Å². The molecule has 0 spiro atoms. The lowest BCUT2D eigenvalue weighted by Gasteiger charge is -2.18. The summed E-state index contributed by atoms with van der Waals surface area (Å²) in [7, 11) is 0. The molecule has 0 aliphatic carbocycles. The maximum atomic E-state index is 12.6. The van der Waals surface area contributed by atoms with Crippen molar-refractivity contribution in [3.05, 3.63) is 101 Å². The number of benzene rings is 3. The first kappa shape index (κ1) is 21.1. The standard InChI is InChI=1S/C23H20ClN3O3/c24-19-11-12-21(28)18(13-19)15-25-27-22(29)14-20(16-7-3-1-4-8-16)26-23(30)17-9-5-2-6-10-17/h1-13,15,20,28H,14H2,(H,26,30)(H,27,29)/b25-15-/t20-/m1/s1. The highest BCUT2D eigenvalue weighted by Crippen LogP contribution is 2.20. The fraction of sp³-hybridized carbons (Fsp3) is 0.0870. The molecule has 0 unspecified atom stereocenters. The minimum Gasteiger partial charge on any atom is -0.507 e. The second-order valence-corrected chi connectivity index (χ2v) is 6.94. The monoisotopic (exact) mass is 421 g/mol. The molecule has 0 radical (unpaired) electrons. The Morgan fingerprint density at radius 3 is 2.37 bits per heavy atom. The van der Waals surface area contributed by atoms with Crippen LogP contribution in [0, 0.1) is 0 Å². The average molecular weight is 422 g/mol. The molecule has 3 N–H and O–H groups in total. The second-order valence-electron chi connectivity index (χ2n) is 6.50. The van der Waals surface area contributed by atoms with Gasteiger partial charge in [0.1, 0.15) is 5.75 Å². The number of hydrazone groups is 1. The first-order chi connectivity index (χ1) is 14.5. The van der Waals surface area contributed by atoms with Crippen molar-refractivity contribution in [1.82, 2.24) is 10.7 Å². The molecule has 0 aromatic heterocycles. The summed E-state index contributed by atoms with van der Waals surface area (Å²) in [6.45, 7) is 0. The van der Waals surface area contributed by atoms with Gasteiger partial charge in [0.2, 0.25) is 5.91 Å². The quantitative estimate of drug-likeness (QED) is 0.397. The fourth-order valence-electron chi connectivity index (χ4n) is 2.80. The molecular formula is C23H20ClN3O3. The SMILES string of the molecule is O=C(C[C@@H](NC(=O)c1ccccc1)c1ccccc1)N/N=C\c1cc(Cl)ccc1O. The molecule has 1 atom stereocenters. The van der Waals surface area contributed by atoms with Gasteiger partial charge in [0.25, 0.3) is 5.91 Å². The lowest BCUT2D eigenvalue weighted by atomic mass is 10.0. The summed E-state index contributed by atoms with van der Waals surface area (Å²) in [5, 5.41) is 17.0. The van der Waals surface area contributed by atoms with Crippen molar-refractivity contribution in [2.45, 2.75) is 12.5 Å². The van der Waals surface area contributed by atoms with Crippen LogP contribution >= 0.6 is 11.6 Å². The molecule has 3 aromatic carbocycles. The van der Waals surface area contributed by atoms with Gasteiger partial charge in [0, 0.05) is 16.1 Å². The molecule has 152 valence electrons. The zero-order valence-electron chi connectivity index (χ0n) is 16.0. The van der Waals surface area contributed by atoms with Crippen molar-refractivity contribution in [2.24, 2.45) is 5.10 Å². The van der Waals surface area contributed by atoms with Gasteiger partial charge in [-0.25, -0.2) is 5.43 Å². The Kier molecular flexibility index (Phi) is 7.19. The molecule has 0 saturated carbocycles. The summed E-state index contributed by atoms with van der Waals surface area (Å²) < 4.78 is 0. The summed E-state index contributed by atoms with van der Waals surface area (Å²) in [5.41, 5.74) is 4.10. The van der Waals surface area contributed by atoms with E-state index in [4.69, 9.17) is 11.6 Å². The van der Waals surface area contributed by atoms with E-state index in [9.17, 15) is 14.7 Å². The summed E-state index contributed by atoms with van der Waals surface area (Å²) in [6.07, 6.45) is 1.29. The highest BCUT2D eigenvalue weighted by atomic mass is 35.5. The number of rotatable bonds is 7. The number of halogens is 1. The zero-order valence-corrected chi connectivity index (χ0v) is 16.7. The molecule has 0 aliphatic heterocycles. The van der Waals surface area contributed by atoms with E-state index in [-0.39, 0.29) is 18.1 Å². The number of amides is 2. The molecule has 6 nitrogen and oxygen atoms in total. The molecule has 0 bridgehead atoms. The van der Waals surface area contributed by atoms with Gasteiger partial charge in [-0.2, -0.15) is 5.10 Å². The van der Waals surface area contributed by atoms with E-state index in [1.54, 1.807) is 30.3 Å². The van der Waals surface area contributed by atoms with Crippen LogP contribution in [0.1, 0.15) is 33.9 Å². The first-order valence-electron chi connectivity index (χ1n) is 9.24. The third kappa shape index (κ3) is 5.93. The van der Waals surface area contributed by atoms with E-state index in [0.29, 0.717) is 16.1 Å². The number of hydrogen-bond acceptors (Lipinski definition) is 4. The van der Waals surface area contributed by atoms with Crippen molar-refractivity contribution in [1.29, 1.82) is 0 Å². The highest BCUT2D eigenvalue weighted by molar-refractivity contribution is 6.30. The summed E-state index contributed by atoms with van der Waals surface area (Å²) in [4.78, 5) is 25.0. The number of aromatic hydroxyl groups is 1. The summed E-state index contributed by atoms with van der Waals surface area (Å²) >= 11 is 5.89. The van der Waals surface area contributed by atoms with Crippen molar-refractivity contribution in [3.8, 4) is 5.75 Å². The van der Waals surface area contributed by atoms with Crippen molar-refractivity contribution >= 4 is 29.6 Å². The van der Waals surface area contributed by atoms with Crippen LogP contribution in [0.2, 0.25) is 5.02 Å². The first-order valence-corrected chi connectivity index (χ1v) is 9.62. The Labute approximate surface area is 179 Å². The summed E-state index contributed by atoms with van der Waals surface area (Å²) in [6, 6.07) is 22.0. The van der Waals surface area contributed by atoms with E-state index in [1.165, 1.54) is 18.3 Å². The Balaban J connectivity index is 1.68. The molecule has 0 aliphatic rings. The highest BCUT2D eigenvalue weighted by Gasteiger charge is 2.19. The Bertz CT molecular complexity index is 1040. The average Bonchev–Trinajstić information content (AvgIpc) is 2.77. The van der Waals surface area contributed by atoms with E-state index in [0.717, 1.165) is 5.56 Å². The molecule has 2 amide bonds. The molecule has 30 heavy (non-hydrogen) atoms. The third-order valence-corrected chi connectivity index (χ3v) is 4.55. The smallest absolute Gasteiger partial charge is 0.251 e. The fourth-order valence-corrected chi connectivity index (χ4v) is 2.98. The van der Waals surface area contributed by atoms with Crippen LogP contribution in [0.15, 0.2) is 84.0 Å². The van der Waals surface area contributed by atoms with Gasteiger partial charge in [-0.1, -0.05) is 60.1 Å². The molecule has 3 aromatic rings. The predicted octanol–water partition coefficient (Wildman–Crippen LogP) is 4.06. The second kappa shape index (κ2) is 10.2. The number of nitrogens with one attached hydrogen (secondary N) is 2. The number of carbonyl (C=O) groups is 2. The van der Waals surface area contributed by atoms with Crippen LogP contribution in [0.25, 0.3) is 0 Å². The Hall–Kier alpha value is -3.64. The van der Waals surface area contributed by atoms with Crippen molar-refractivity contribution in [2.75, 3.05) is 0 Å². The molecular weight excluding hydrogens is 402 g/mol. The number of nitrogens with zero attached hydrogens (tertiary/aromatic N) is 1. The van der Waals surface area contributed by atoms with Crippen LogP contribution in [0.5, 0.6) is 5.75 Å². The normalized spacial score (nSPS) is 11.8. The van der Waals surface area contributed by atoms with E-state index >= 15 is 0 Å². The van der Waals surface area contributed by atoms with Gasteiger partial charge in [-0.3, -0.25) is 9.59 Å². The van der Waals surface area contributed by atoms with Gasteiger partial charge in [0.05, 0.1) is 18.7 Å². The van der Waals surface area contributed by atoms with E-state index in [2.05, 4.69) is 15.8 Å². The number of phenolic OH excluding ortho intramolecular Hbond substituents is 1. The van der Waals surface area contributed by atoms with Gasteiger partial charge in [-0.15, -0.1) is 0 Å². The minimum absolute atomic E-state index is 0.00492. The lowest BCUT2D eigenvalue weighted by Crippen LogP contribution is -2.32. The Morgan fingerprint density at radius 2 is 1.67 bits per heavy atom. The van der Waals surface area contributed by atoms with Gasteiger partial charge < -0.3 is 10.4 Å². The third-order valence-electron chi connectivity index (χ3n) is 4.32. The van der Waals surface area contributed by atoms with Crippen molar-refractivity contribution < 1.29 is 14.7 Å². The van der Waals surface area contributed by atoms with Gasteiger partial charge in [0.15, 0.2) is 0 Å². The number of hydrogen-bond donors (Lipinski definition) is 3. The maximum absolute atomic E-state index is 12.6. The summed E-state index contributed by atoms with van der Waals surface area (Å²) in [5.74, 6) is -0.672. The topological polar surface area (TPSA) is 90.8 Å². The van der Waals surface area contributed by atoms with Crippen LogP contribution in [-0.2, 0) is 4.79 Å². The molecule has 7 heteroatoms. The number of phenols is 1. The zero-order chi connectivity index (χ0) is 21.3. The van der Waals surface area contributed by atoms with E-state index in [1.807, 2.05) is 36.4 Å². The largest absolute Gasteiger partial charge is 0.507 e. The molecule has 3 rings (SSSR count).